The molecule has 1 fully saturated rings. The van der Waals surface area contributed by atoms with Crippen LogP contribution in [0, 0.1) is 5.41 Å². The molecule has 2 aliphatic rings. The van der Waals surface area contributed by atoms with Crippen molar-refractivity contribution in [3.05, 3.63) is 11.6 Å². The van der Waals surface area contributed by atoms with Gasteiger partial charge in [0.1, 0.15) is 6.10 Å². The minimum absolute atomic E-state index is 0.0338. The Morgan fingerprint density at radius 1 is 1.67 bits per heavy atom. The Labute approximate surface area is 72.6 Å². The Morgan fingerprint density at radius 3 is 3.17 bits per heavy atom. The summed E-state index contributed by atoms with van der Waals surface area (Å²) in [6.45, 7) is 4.25. The molecule has 0 aromatic carbocycles. The summed E-state index contributed by atoms with van der Waals surface area (Å²) >= 11 is 0. The van der Waals surface area contributed by atoms with Crippen LogP contribution in [0.2, 0.25) is 0 Å². The number of hydrogen-bond donors (Lipinski definition) is 0. The summed E-state index contributed by atoms with van der Waals surface area (Å²) in [4.78, 5) is 11.1. The lowest BCUT2D eigenvalue weighted by molar-refractivity contribution is -0.140. The number of fused-ring (bicyclic) bond motifs is 1. The first kappa shape index (κ1) is 7.84. The Balaban J connectivity index is 2.28. The third kappa shape index (κ3) is 1.06. The molecule has 0 amide bonds. The Morgan fingerprint density at radius 2 is 2.42 bits per heavy atom. The molecule has 0 bridgehead atoms. The topological polar surface area (TPSA) is 26.3 Å². The van der Waals surface area contributed by atoms with Gasteiger partial charge in [0.05, 0.1) is 6.42 Å². The zero-order valence-corrected chi connectivity index (χ0v) is 7.59. The third-order valence-electron chi connectivity index (χ3n) is 3.02. The number of rotatable bonds is 0. The molecule has 1 aliphatic carbocycles. The first-order chi connectivity index (χ1) is 5.60. The van der Waals surface area contributed by atoms with Gasteiger partial charge in [-0.2, -0.15) is 0 Å². The first-order valence-corrected chi connectivity index (χ1v) is 4.47. The smallest absolute Gasteiger partial charge is 0.307 e. The fourth-order valence-electron chi connectivity index (χ4n) is 2.05. The molecule has 1 saturated heterocycles. The van der Waals surface area contributed by atoms with Gasteiger partial charge in [0.25, 0.3) is 0 Å². The largest absolute Gasteiger partial charge is 0.457 e. The maximum Gasteiger partial charge on any atom is 0.307 e. The molecule has 2 heteroatoms. The van der Waals surface area contributed by atoms with Crippen LogP contribution in [0.3, 0.4) is 0 Å². The average molecular weight is 166 g/mol. The van der Waals surface area contributed by atoms with Gasteiger partial charge in [0.15, 0.2) is 0 Å². The maximum absolute atomic E-state index is 11.1. The highest BCUT2D eigenvalue weighted by Crippen LogP contribution is 2.44. The second-order valence-electron chi connectivity index (χ2n) is 4.25. The maximum atomic E-state index is 11.1. The van der Waals surface area contributed by atoms with Crippen LogP contribution in [-0.2, 0) is 9.53 Å². The zero-order valence-electron chi connectivity index (χ0n) is 7.59. The molecule has 0 aromatic heterocycles. The molecule has 0 saturated carbocycles. The van der Waals surface area contributed by atoms with E-state index in [1.807, 2.05) is 0 Å². The molecule has 0 unspecified atom stereocenters. The van der Waals surface area contributed by atoms with E-state index < -0.39 is 0 Å². The normalized spacial score (nSPS) is 40.3. The van der Waals surface area contributed by atoms with Crippen molar-refractivity contribution >= 4 is 5.97 Å². The quantitative estimate of drug-likeness (QED) is 0.406. The molecular formula is C10H14O2. The number of allylic oxidation sites excluding steroid dienone is 1. The fraction of sp³-hybridized carbons (Fsp3) is 0.700. The van der Waals surface area contributed by atoms with Gasteiger partial charge < -0.3 is 4.74 Å². The zero-order chi connectivity index (χ0) is 8.77. The average Bonchev–Trinajstić information content (AvgIpc) is 2.24. The minimum Gasteiger partial charge on any atom is -0.457 e. The van der Waals surface area contributed by atoms with E-state index in [1.54, 1.807) is 0 Å². The van der Waals surface area contributed by atoms with Crippen LogP contribution in [0.25, 0.3) is 0 Å². The van der Waals surface area contributed by atoms with Crippen molar-refractivity contribution in [2.75, 3.05) is 0 Å². The lowest BCUT2D eigenvalue weighted by Gasteiger charge is -2.30. The Bertz CT molecular complexity index is 255. The highest BCUT2D eigenvalue weighted by atomic mass is 16.6. The number of hydrogen-bond acceptors (Lipinski definition) is 2. The summed E-state index contributed by atoms with van der Waals surface area (Å²) < 4.78 is 5.22. The number of carbonyl (C=O) groups is 1. The summed E-state index contributed by atoms with van der Waals surface area (Å²) in [5.74, 6) is -0.0338. The van der Waals surface area contributed by atoms with Crippen molar-refractivity contribution in [2.24, 2.45) is 5.41 Å². The number of carbonyl (C=O) groups excluding carboxylic acids is 1. The van der Waals surface area contributed by atoms with Gasteiger partial charge in [-0.25, -0.2) is 0 Å². The van der Waals surface area contributed by atoms with Crippen molar-refractivity contribution in [1.29, 1.82) is 0 Å². The highest BCUT2D eigenvalue weighted by molar-refractivity contribution is 5.73. The van der Waals surface area contributed by atoms with E-state index in [0.29, 0.717) is 6.42 Å². The molecule has 12 heavy (non-hydrogen) atoms. The lowest BCUT2D eigenvalue weighted by Crippen LogP contribution is -2.29. The van der Waals surface area contributed by atoms with Gasteiger partial charge in [-0.05, 0) is 25.8 Å². The van der Waals surface area contributed by atoms with Crippen LogP contribution in [0.1, 0.15) is 33.1 Å². The molecule has 66 valence electrons. The van der Waals surface area contributed by atoms with E-state index in [2.05, 4.69) is 19.9 Å². The number of ether oxygens (including phenoxy) is 1. The van der Waals surface area contributed by atoms with Crippen LogP contribution in [-0.4, -0.2) is 12.1 Å². The van der Waals surface area contributed by atoms with Crippen LogP contribution < -0.4 is 0 Å². The van der Waals surface area contributed by atoms with E-state index in [9.17, 15) is 4.79 Å². The molecule has 0 aromatic rings. The van der Waals surface area contributed by atoms with Crippen LogP contribution in [0.4, 0.5) is 0 Å². The molecule has 2 rings (SSSR count). The minimum atomic E-state index is -0.0338. The van der Waals surface area contributed by atoms with E-state index in [-0.39, 0.29) is 17.5 Å². The first-order valence-electron chi connectivity index (χ1n) is 4.47. The van der Waals surface area contributed by atoms with Crippen molar-refractivity contribution in [2.45, 2.75) is 39.2 Å². The summed E-state index contributed by atoms with van der Waals surface area (Å²) in [7, 11) is 0. The van der Waals surface area contributed by atoms with Crippen molar-refractivity contribution in [1.82, 2.24) is 0 Å². The summed E-state index contributed by atoms with van der Waals surface area (Å²) in [6, 6.07) is 0. The molecule has 0 N–H and O–H groups in total. The van der Waals surface area contributed by atoms with Gasteiger partial charge in [0.2, 0.25) is 0 Å². The van der Waals surface area contributed by atoms with Gasteiger partial charge >= 0.3 is 5.97 Å². The highest BCUT2D eigenvalue weighted by Gasteiger charge is 2.45. The van der Waals surface area contributed by atoms with E-state index in [4.69, 9.17) is 4.74 Å². The third-order valence-corrected chi connectivity index (χ3v) is 3.02. The molecular weight excluding hydrogens is 152 g/mol. The fourth-order valence-corrected chi connectivity index (χ4v) is 2.05. The van der Waals surface area contributed by atoms with Crippen LogP contribution >= 0.6 is 0 Å². The van der Waals surface area contributed by atoms with Crippen molar-refractivity contribution in [3.8, 4) is 0 Å². The van der Waals surface area contributed by atoms with Gasteiger partial charge in [-0.3, -0.25) is 4.79 Å². The van der Waals surface area contributed by atoms with Crippen LogP contribution in [0.15, 0.2) is 11.6 Å². The van der Waals surface area contributed by atoms with E-state index in [0.717, 1.165) is 12.8 Å². The van der Waals surface area contributed by atoms with Gasteiger partial charge in [-0.15, -0.1) is 0 Å². The predicted octanol–water partition coefficient (Wildman–Crippen LogP) is 2.05. The summed E-state index contributed by atoms with van der Waals surface area (Å²) in [5.41, 5.74) is 1.45. The van der Waals surface area contributed by atoms with Crippen molar-refractivity contribution in [3.63, 3.8) is 0 Å². The standard InChI is InChI=1S/C10H14O2/c1-7-3-4-10(2)6-9(11)12-8(10)5-7/h5,8H,3-4,6H2,1-2H3/t8-,10-/m0/s1. The Hall–Kier alpha value is -0.790. The second-order valence-corrected chi connectivity index (χ2v) is 4.25. The molecule has 0 radical (unpaired) electrons. The second kappa shape index (κ2) is 2.35. The summed E-state index contributed by atoms with van der Waals surface area (Å²) in [6.07, 6.45) is 4.96. The van der Waals surface area contributed by atoms with E-state index in [1.165, 1.54) is 5.57 Å². The SMILES string of the molecule is CC1=C[C@@H]2OC(=O)C[C@]2(C)CC1. The monoisotopic (exact) mass is 166 g/mol. The Kier molecular flexibility index (Phi) is 1.53. The molecule has 1 aliphatic heterocycles. The molecule has 1 heterocycles. The number of esters is 1. The van der Waals surface area contributed by atoms with Crippen LogP contribution in [0.5, 0.6) is 0 Å². The molecule has 0 spiro atoms. The van der Waals surface area contributed by atoms with E-state index >= 15 is 0 Å². The predicted molar refractivity (Wildman–Crippen MR) is 45.6 cm³/mol. The van der Waals surface area contributed by atoms with Gasteiger partial charge in [0, 0.05) is 5.41 Å². The molecule has 2 nitrogen and oxygen atoms in total. The van der Waals surface area contributed by atoms with Crippen molar-refractivity contribution < 1.29 is 9.53 Å². The molecule has 2 atom stereocenters. The lowest BCUT2D eigenvalue weighted by atomic mass is 9.74. The summed E-state index contributed by atoms with van der Waals surface area (Å²) in [5, 5.41) is 0. The van der Waals surface area contributed by atoms with Gasteiger partial charge in [-0.1, -0.05) is 12.5 Å².